The second-order valence-corrected chi connectivity index (χ2v) is 6.63. The van der Waals surface area contributed by atoms with Crippen LogP contribution in [-0.4, -0.2) is 23.6 Å². The van der Waals surface area contributed by atoms with Gasteiger partial charge in [-0.3, -0.25) is 4.79 Å². The van der Waals surface area contributed by atoms with Crippen LogP contribution in [-0.2, 0) is 10.5 Å². The molecule has 0 N–H and O–H groups in total. The van der Waals surface area contributed by atoms with Crippen LogP contribution < -0.4 is 0 Å². The zero-order valence-electron chi connectivity index (χ0n) is 12.8. The third kappa shape index (κ3) is 4.79. The molecule has 0 saturated heterocycles. The van der Waals surface area contributed by atoms with Crippen LogP contribution in [0.3, 0.4) is 0 Å². The predicted octanol–water partition coefficient (Wildman–Crippen LogP) is 4.79. The molecule has 0 aromatic heterocycles. The lowest BCUT2D eigenvalue weighted by Gasteiger charge is -2.25. The third-order valence-electron chi connectivity index (χ3n) is 3.66. The summed E-state index contributed by atoms with van der Waals surface area (Å²) in [5.41, 5.74) is 2.34. The molecule has 0 bridgehead atoms. The Kier molecular flexibility index (Phi) is 6.34. The fraction of sp³-hybridized carbons (Fsp3) is 0.278. The van der Waals surface area contributed by atoms with E-state index in [0.29, 0.717) is 10.8 Å². The number of carbonyl (C=O) groups excluding carboxylic acids is 1. The predicted molar refractivity (Wildman–Crippen MR) is 95.2 cm³/mol. The maximum atomic E-state index is 12.3. The topological polar surface area (TPSA) is 20.3 Å². The lowest BCUT2D eigenvalue weighted by molar-refractivity contribution is -0.128. The Balaban J connectivity index is 1.84. The Morgan fingerprint density at radius 2 is 1.77 bits per heavy atom. The van der Waals surface area contributed by atoms with Gasteiger partial charge in [0.2, 0.25) is 5.91 Å². The quantitative estimate of drug-likeness (QED) is 0.757. The second-order valence-electron chi connectivity index (χ2n) is 5.21. The SMILES string of the molecule is CC(c1ccc(Cl)cc1)N(C)C(=O)CSCc1ccccc1. The molecule has 0 spiro atoms. The average Bonchev–Trinajstić information content (AvgIpc) is 2.55. The van der Waals surface area contributed by atoms with Gasteiger partial charge in [-0.15, -0.1) is 11.8 Å². The van der Waals surface area contributed by atoms with Gasteiger partial charge in [0.05, 0.1) is 11.8 Å². The summed E-state index contributed by atoms with van der Waals surface area (Å²) in [4.78, 5) is 14.1. The fourth-order valence-corrected chi connectivity index (χ4v) is 3.15. The lowest BCUT2D eigenvalue weighted by Crippen LogP contribution is -2.31. The van der Waals surface area contributed by atoms with Gasteiger partial charge >= 0.3 is 0 Å². The molecule has 4 heteroatoms. The van der Waals surface area contributed by atoms with Gasteiger partial charge in [0.1, 0.15) is 0 Å². The summed E-state index contributed by atoms with van der Waals surface area (Å²) in [5.74, 6) is 1.49. The number of halogens is 1. The number of benzene rings is 2. The molecule has 0 radical (unpaired) electrons. The van der Waals surface area contributed by atoms with E-state index in [1.54, 1.807) is 16.7 Å². The van der Waals surface area contributed by atoms with Gasteiger partial charge in [0.25, 0.3) is 0 Å². The zero-order chi connectivity index (χ0) is 15.9. The van der Waals surface area contributed by atoms with Crippen LogP contribution in [0.5, 0.6) is 0 Å². The van der Waals surface area contributed by atoms with Gasteiger partial charge in [-0.05, 0) is 30.2 Å². The summed E-state index contributed by atoms with van der Waals surface area (Å²) in [6.45, 7) is 2.03. The number of hydrogen-bond acceptors (Lipinski definition) is 2. The zero-order valence-corrected chi connectivity index (χ0v) is 14.4. The molecule has 0 aliphatic rings. The van der Waals surface area contributed by atoms with E-state index in [4.69, 9.17) is 11.6 Å². The van der Waals surface area contributed by atoms with Crippen LogP contribution in [0.15, 0.2) is 54.6 Å². The summed E-state index contributed by atoms with van der Waals surface area (Å²) in [5, 5.41) is 0.711. The summed E-state index contributed by atoms with van der Waals surface area (Å²) < 4.78 is 0. The smallest absolute Gasteiger partial charge is 0.232 e. The molecule has 1 amide bonds. The molecule has 0 saturated carbocycles. The van der Waals surface area contributed by atoms with Gasteiger partial charge in [-0.1, -0.05) is 54.1 Å². The minimum atomic E-state index is 0.0436. The summed E-state index contributed by atoms with van der Waals surface area (Å²) in [7, 11) is 1.85. The Hall–Kier alpha value is -1.45. The van der Waals surface area contributed by atoms with Crippen LogP contribution in [0, 0.1) is 0 Å². The van der Waals surface area contributed by atoms with Gasteiger partial charge in [0.15, 0.2) is 0 Å². The highest BCUT2D eigenvalue weighted by atomic mass is 35.5. The molecular formula is C18H20ClNOS. The van der Waals surface area contributed by atoms with Crippen molar-refractivity contribution >= 4 is 29.3 Å². The highest BCUT2D eigenvalue weighted by molar-refractivity contribution is 7.99. The number of rotatable bonds is 6. The first kappa shape index (κ1) is 16.9. The number of hydrogen-bond donors (Lipinski definition) is 0. The first-order valence-corrected chi connectivity index (χ1v) is 8.74. The van der Waals surface area contributed by atoms with Gasteiger partial charge in [-0.2, -0.15) is 0 Å². The molecule has 0 fully saturated rings. The maximum absolute atomic E-state index is 12.3. The van der Waals surface area contributed by atoms with Crippen molar-refractivity contribution in [3.63, 3.8) is 0 Å². The molecule has 2 aromatic rings. The fourth-order valence-electron chi connectivity index (χ4n) is 2.11. The number of amides is 1. The molecule has 2 rings (SSSR count). The highest BCUT2D eigenvalue weighted by Gasteiger charge is 2.17. The van der Waals surface area contributed by atoms with E-state index in [-0.39, 0.29) is 11.9 Å². The van der Waals surface area contributed by atoms with Crippen LogP contribution >= 0.6 is 23.4 Å². The van der Waals surface area contributed by atoms with E-state index < -0.39 is 0 Å². The van der Waals surface area contributed by atoms with E-state index in [2.05, 4.69) is 12.1 Å². The molecule has 0 heterocycles. The van der Waals surface area contributed by atoms with Gasteiger partial charge < -0.3 is 4.90 Å². The molecule has 2 aromatic carbocycles. The molecular weight excluding hydrogens is 314 g/mol. The standard InChI is InChI=1S/C18H20ClNOS/c1-14(16-8-10-17(19)11-9-16)20(2)18(21)13-22-12-15-6-4-3-5-7-15/h3-11,14H,12-13H2,1-2H3. The summed E-state index contributed by atoms with van der Waals surface area (Å²) in [6, 6.07) is 17.9. The average molecular weight is 334 g/mol. The Morgan fingerprint density at radius 1 is 1.14 bits per heavy atom. The van der Waals surface area contributed by atoms with Crippen molar-refractivity contribution in [2.24, 2.45) is 0 Å². The first-order valence-electron chi connectivity index (χ1n) is 7.20. The van der Waals surface area contributed by atoms with Crippen molar-refractivity contribution in [2.75, 3.05) is 12.8 Å². The number of thioether (sulfide) groups is 1. The van der Waals surface area contributed by atoms with E-state index in [0.717, 1.165) is 11.3 Å². The second kappa shape index (κ2) is 8.25. The van der Waals surface area contributed by atoms with Crippen LogP contribution in [0.25, 0.3) is 0 Å². The molecule has 0 aliphatic carbocycles. The molecule has 1 atom stereocenters. The molecule has 0 aliphatic heterocycles. The monoisotopic (exact) mass is 333 g/mol. The van der Waals surface area contributed by atoms with Crippen LogP contribution in [0.2, 0.25) is 5.02 Å². The summed E-state index contributed by atoms with van der Waals surface area (Å²) in [6.07, 6.45) is 0. The van der Waals surface area contributed by atoms with Crippen LogP contribution in [0.1, 0.15) is 24.1 Å². The highest BCUT2D eigenvalue weighted by Crippen LogP contribution is 2.22. The van der Waals surface area contributed by atoms with Crippen molar-refractivity contribution in [1.29, 1.82) is 0 Å². The van der Waals surface area contributed by atoms with Gasteiger partial charge in [-0.25, -0.2) is 0 Å². The summed E-state index contributed by atoms with van der Waals surface area (Å²) >= 11 is 7.55. The van der Waals surface area contributed by atoms with Crippen molar-refractivity contribution < 1.29 is 4.79 Å². The minimum Gasteiger partial charge on any atom is -0.338 e. The number of carbonyl (C=O) groups is 1. The van der Waals surface area contributed by atoms with E-state index >= 15 is 0 Å². The first-order chi connectivity index (χ1) is 10.6. The molecule has 22 heavy (non-hydrogen) atoms. The minimum absolute atomic E-state index is 0.0436. The van der Waals surface area contributed by atoms with Crippen LogP contribution in [0.4, 0.5) is 0 Å². The van der Waals surface area contributed by atoms with Crippen molar-refractivity contribution in [1.82, 2.24) is 4.90 Å². The molecule has 1 unspecified atom stereocenters. The lowest BCUT2D eigenvalue weighted by atomic mass is 10.1. The molecule has 116 valence electrons. The van der Waals surface area contributed by atoms with Gasteiger partial charge in [0, 0.05) is 17.8 Å². The number of nitrogens with zero attached hydrogens (tertiary/aromatic N) is 1. The van der Waals surface area contributed by atoms with Crippen molar-refractivity contribution in [3.8, 4) is 0 Å². The van der Waals surface area contributed by atoms with Crippen molar-refractivity contribution in [2.45, 2.75) is 18.7 Å². The van der Waals surface area contributed by atoms with E-state index in [9.17, 15) is 4.79 Å². The van der Waals surface area contributed by atoms with E-state index in [1.165, 1.54) is 5.56 Å². The van der Waals surface area contributed by atoms with E-state index in [1.807, 2.05) is 56.4 Å². The third-order valence-corrected chi connectivity index (χ3v) is 4.90. The molecule has 2 nitrogen and oxygen atoms in total. The maximum Gasteiger partial charge on any atom is 0.232 e. The Bertz CT molecular complexity index is 600. The normalized spacial score (nSPS) is 12.0. The largest absolute Gasteiger partial charge is 0.338 e. The Labute approximate surface area is 141 Å². The van der Waals surface area contributed by atoms with Crippen molar-refractivity contribution in [3.05, 3.63) is 70.7 Å². The Morgan fingerprint density at radius 3 is 2.41 bits per heavy atom.